The van der Waals surface area contributed by atoms with Crippen molar-refractivity contribution < 1.29 is 14.3 Å². The Morgan fingerprint density at radius 2 is 1.82 bits per heavy atom. The first-order valence-electron chi connectivity index (χ1n) is 11.0. The Labute approximate surface area is 192 Å². The van der Waals surface area contributed by atoms with Gasteiger partial charge in [0.15, 0.2) is 11.4 Å². The van der Waals surface area contributed by atoms with Crippen LogP contribution in [0, 0.1) is 0 Å². The molecule has 2 aromatic carbocycles. The van der Waals surface area contributed by atoms with Crippen LogP contribution in [0.5, 0.6) is 5.75 Å². The van der Waals surface area contributed by atoms with Crippen molar-refractivity contribution >= 4 is 30.2 Å². The second-order valence-corrected chi connectivity index (χ2v) is 15.0. The van der Waals surface area contributed by atoms with E-state index < -0.39 is 8.07 Å². The molecule has 0 saturated carbocycles. The van der Waals surface area contributed by atoms with E-state index in [0.717, 1.165) is 40.3 Å². The van der Waals surface area contributed by atoms with Gasteiger partial charge >= 0.3 is 0 Å². The van der Waals surface area contributed by atoms with Crippen molar-refractivity contribution in [3.05, 3.63) is 60.9 Å². The van der Waals surface area contributed by atoms with Gasteiger partial charge in [-0.15, -0.1) is 0 Å². The van der Waals surface area contributed by atoms with Crippen molar-refractivity contribution in [2.75, 3.05) is 6.61 Å². The molecule has 0 atom stereocenters. The number of benzene rings is 2. The molecule has 3 aromatic heterocycles. The third-order valence-corrected chi connectivity index (χ3v) is 7.21. The molecule has 33 heavy (non-hydrogen) atoms. The summed E-state index contributed by atoms with van der Waals surface area (Å²) in [5.41, 5.74) is 4.92. The van der Waals surface area contributed by atoms with Crippen LogP contribution in [0.3, 0.4) is 0 Å². The number of hydrogen-bond donors (Lipinski definition) is 1. The van der Waals surface area contributed by atoms with Crippen molar-refractivity contribution in [2.45, 2.75) is 32.4 Å². The predicted octanol–water partition coefficient (Wildman–Crippen LogP) is 5.92. The fourth-order valence-corrected chi connectivity index (χ4v) is 4.45. The zero-order valence-corrected chi connectivity index (χ0v) is 19.9. The van der Waals surface area contributed by atoms with Crippen LogP contribution >= 0.6 is 0 Å². The molecule has 0 bridgehead atoms. The normalized spacial score (nSPS) is 12.1. The van der Waals surface area contributed by atoms with Crippen LogP contribution in [0.25, 0.3) is 45.0 Å². The molecule has 5 rings (SSSR count). The minimum absolute atomic E-state index is 0.119. The van der Waals surface area contributed by atoms with Gasteiger partial charge in [-0.05, 0) is 41.9 Å². The van der Waals surface area contributed by atoms with Crippen molar-refractivity contribution in [3.63, 3.8) is 0 Å². The third-order valence-electron chi connectivity index (χ3n) is 5.51. The smallest absolute Gasteiger partial charge is 0.264 e. The highest BCUT2D eigenvalue weighted by Crippen LogP contribution is 2.31. The highest BCUT2D eigenvalue weighted by Gasteiger charge is 2.19. The summed E-state index contributed by atoms with van der Waals surface area (Å²) < 4.78 is 14.2. The lowest BCUT2D eigenvalue weighted by molar-refractivity contribution is 0.0906. The van der Waals surface area contributed by atoms with Gasteiger partial charge in [0.05, 0.1) is 17.2 Å². The van der Waals surface area contributed by atoms with Crippen LogP contribution < -0.4 is 0 Å². The zero-order valence-electron chi connectivity index (χ0n) is 18.9. The number of rotatable bonds is 7. The van der Waals surface area contributed by atoms with Gasteiger partial charge in [0.1, 0.15) is 18.0 Å². The van der Waals surface area contributed by atoms with Gasteiger partial charge in [0.2, 0.25) is 0 Å². The van der Waals surface area contributed by atoms with E-state index in [9.17, 15) is 5.11 Å². The molecule has 0 spiro atoms. The third kappa shape index (κ3) is 4.53. The van der Waals surface area contributed by atoms with Gasteiger partial charge in [0.25, 0.3) is 5.89 Å². The van der Waals surface area contributed by atoms with Crippen LogP contribution in [0.4, 0.5) is 0 Å². The first-order valence-corrected chi connectivity index (χ1v) is 14.7. The molecule has 0 aliphatic carbocycles. The van der Waals surface area contributed by atoms with E-state index in [4.69, 9.17) is 19.1 Å². The van der Waals surface area contributed by atoms with Gasteiger partial charge in [-0.2, -0.15) is 0 Å². The molecular formula is C25H26N4O3Si. The molecule has 0 unspecified atom stereocenters. The quantitative estimate of drug-likeness (QED) is 0.240. The number of hydrogen-bond acceptors (Lipinski definition) is 6. The Hall–Kier alpha value is -3.49. The lowest BCUT2D eigenvalue weighted by Gasteiger charge is -2.16. The van der Waals surface area contributed by atoms with Gasteiger partial charge < -0.3 is 14.3 Å². The van der Waals surface area contributed by atoms with E-state index in [-0.39, 0.29) is 5.75 Å². The summed E-state index contributed by atoms with van der Waals surface area (Å²) in [4.78, 5) is 13.5. The van der Waals surface area contributed by atoms with Gasteiger partial charge in [-0.3, -0.25) is 9.55 Å². The maximum atomic E-state index is 9.75. The molecular weight excluding hydrogens is 432 g/mol. The zero-order chi connectivity index (χ0) is 23.0. The minimum Gasteiger partial charge on any atom is -0.506 e. The fourth-order valence-electron chi connectivity index (χ4n) is 3.69. The van der Waals surface area contributed by atoms with E-state index in [2.05, 4.69) is 24.6 Å². The average molecular weight is 459 g/mol. The number of nitrogens with zero attached hydrogens (tertiary/aromatic N) is 4. The summed E-state index contributed by atoms with van der Waals surface area (Å²) in [5, 5.41) is 9.75. The molecule has 3 heterocycles. The molecule has 0 amide bonds. The number of ether oxygens (including phenoxy) is 1. The lowest BCUT2D eigenvalue weighted by Crippen LogP contribution is -2.22. The Morgan fingerprint density at radius 1 is 0.970 bits per heavy atom. The van der Waals surface area contributed by atoms with Gasteiger partial charge in [-0.1, -0.05) is 37.8 Å². The highest BCUT2D eigenvalue weighted by atomic mass is 28.3. The van der Waals surface area contributed by atoms with E-state index in [0.29, 0.717) is 24.0 Å². The SMILES string of the molecule is C[Si](C)(C)CCOCn1c(-c2nc3ccc(-c4cncc(O)c4)cc3o2)nc2ccccc21. The highest BCUT2D eigenvalue weighted by molar-refractivity contribution is 6.76. The topological polar surface area (TPSA) is 86.2 Å². The summed E-state index contributed by atoms with van der Waals surface area (Å²) in [6.07, 6.45) is 3.11. The number of oxazole rings is 1. The summed E-state index contributed by atoms with van der Waals surface area (Å²) in [6, 6.07) is 16.5. The molecule has 0 saturated heterocycles. The lowest BCUT2D eigenvalue weighted by atomic mass is 10.1. The Morgan fingerprint density at radius 3 is 2.64 bits per heavy atom. The first-order chi connectivity index (χ1) is 15.9. The van der Waals surface area contributed by atoms with Crippen molar-refractivity contribution in [2.24, 2.45) is 0 Å². The molecule has 8 heteroatoms. The Balaban J connectivity index is 1.51. The summed E-state index contributed by atoms with van der Waals surface area (Å²) in [6.45, 7) is 8.13. The van der Waals surface area contributed by atoms with Crippen LogP contribution in [0.15, 0.2) is 65.3 Å². The second-order valence-electron chi connectivity index (χ2n) is 9.33. The van der Waals surface area contributed by atoms with Crippen LogP contribution in [-0.2, 0) is 11.5 Å². The Kier molecular flexibility index (Phi) is 5.47. The number of fused-ring (bicyclic) bond motifs is 2. The van der Waals surface area contributed by atoms with E-state index in [1.165, 1.54) is 6.20 Å². The molecule has 0 fully saturated rings. The number of imidazole rings is 1. The molecule has 7 nitrogen and oxygen atoms in total. The maximum Gasteiger partial charge on any atom is 0.264 e. The molecule has 0 aliphatic heterocycles. The maximum absolute atomic E-state index is 9.75. The van der Waals surface area contributed by atoms with Gasteiger partial charge in [0, 0.05) is 26.4 Å². The van der Waals surface area contributed by atoms with E-state index >= 15 is 0 Å². The minimum atomic E-state index is -1.17. The van der Waals surface area contributed by atoms with Crippen molar-refractivity contribution in [3.8, 4) is 28.6 Å². The molecule has 0 radical (unpaired) electrons. The summed E-state index contributed by atoms with van der Waals surface area (Å²) >= 11 is 0. The standard InChI is InChI=1S/C25H26N4O3Si/c1-33(2,3)11-10-31-16-29-22-7-5-4-6-20(22)27-24(29)25-28-21-9-8-17(13-23(21)32-25)18-12-19(30)15-26-14-18/h4-9,12-15,30H,10-11,16H2,1-3H3. The van der Waals surface area contributed by atoms with Crippen LogP contribution in [0.2, 0.25) is 25.7 Å². The predicted molar refractivity (Wildman–Crippen MR) is 132 cm³/mol. The summed E-state index contributed by atoms with van der Waals surface area (Å²) in [7, 11) is -1.17. The van der Waals surface area contributed by atoms with Crippen LogP contribution in [-0.4, -0.2) is 39.3 Å². The number of aromatic nitrogens is 4. The molecule has 1 N–H and O–H groups in total. The monoisotopic (exact) mass is 458 g/mol. The number of aromatic hydroxyl groups is 1. The largest absolute Gasteiger partial charge is 0.506 e. The summed E-state index contributed by atoms with van der Waals surface area (Å²) in [5.74, 6) is 1.20. The molecule has 0 aliphatic rings. The fraction of sp³-hybridized carbons (Fsp3) is 0.240. The second kappa shape index (κ2) is 8.46. The molecule has 168 valence electrons. The van der Waals surface area contributed by atoms with Gasteiger partial charge in [-0.25, -0.2) is 9.97 Å². The van der Waals surface area contributed by atoms with Crippen molar-refractivity contribution in [1.29, 1.82) is 0 Å². The number of pyridine rings is 1. The Bertz CT molecular complexity index is 1430. The van der Waals surface area contributed by atoms with E-state index in [1.807, 2.05) is 47.0 Å². The van der Waals surface area contributed by atoms with Crippen LogP contribution in [0.1, 0.15) is 0 Å². The number of para-hydroxylation sites is 2. The molecule has 5 aromatic rings. The van der Waals surface area contributed by atoms with E-state index in [1.54, 1.807) is 12.3 Å². The first kappa shape index (κ1) is 21.4. The average Bonchev–Trinajstić information content (AvgIpc) is 3.37. The van der Waals surface area contributed by atoms with Crippen molar-refractivity contribution in [1.82, 2.24) is 19.5 Å².